The Bertz CT molecular complexity index is 403. The first-order chi connectivity index (χ1) is 6.99. The predicted molar refractivity (Wildman–Crippen MR) is 49.4 cm³/mol. The van der Waals surface area contributed by atoms with Gasteiger partial charge >= 0.3 is 11.9 Å². The van der Waals surface area contributed by atoms with Crippen LogP contribution in [-0.2, 0) is 9.59 Å². The second kappa shape index (κ2) is 4.50. The predicted octanol–water partition coefficient (Wildman–Crippen LogP) is 0.636. The van der Waals surface area contributed by atoms with Crippen molar-refractivity contribution in [3.8, 4) is 11.8 Å². The normalized spacial score (nSPS) is 9.53. The van der Waals surface area contributed by atoms with Gasteiger partial charge in [0.05, 0.1) is 6.20 Å². The van der Waals surface area contributed by atoms with Gasteiger partial charge in [-0.3, -0.25) is 9.59 Å². The molecule has 0 unspecified atom stereocenters. The molecular weight excluding hydrogens is 200 g/mol. The van der Waals surface area contributed by atoms with E-state index in [0.29, 0.717) is 5.69 Å². The number of esters is 2. The summed E-state index contributed by atoms with van der Waals surface area (Å²) in [6.45, 7) is 4.12. The summed E-state index contributed by atoms with van der Waals surface area (Å²) in [5, 5.41) is 0. The number of ether oxygens (including phenoxy) is 2. The zero-order valence-electron chi connectivity index (χ0n) is 8.60. The highest BCUT2D eigenvalue weighted by Crippen LogP contribution is 2.15. The molecule has 0 atom stereocenters. The third-order valence-corrected chi connectivity index (χ3v) is 1.37. The zero-order valence-corrected chi connectivity index (χ0v) is 8.60. The van der Waals surface area contributed by atoms with Gasteiger partial charge in [-0.2, -0.15) is 0 Å². The number of rotatable bonds is 2. The molecule has 0 aromatic carbocycles. The van der Waals surface area contributed by atoms with Crippen LogP contribution in [0.4, 0.5) is 0 Å². The summed E-state index contributed by atoms with van der Waals surface area (Å²) in [5.41, 5.74) is 0.379. The Morgan fingerprint density at radius 3 is 2.27 bits per heavy atom. The maximum absolute atomic E-state index is 10.7. The summed E-state index contributed by atoms with van der Waals surface area (Å²) in [7, 11) is 0. The highest BCUT2D eigenvalue weighted by atomic mass is 16.5. The number of aromatic nitrogens is 2. The van der Waals surface area contributed by atoms with Gasteiger partial charge in [-0.1, -0.05) is 0 Å². The molecule has 0 saturated carbocycles. The number of aryl methyl sites for hydroxylation is 1. The fourth-order valence-corrected chi connectivity index (χ4v) is 0.882. The summed E-state index contributed by atoms with van der Waals surface area (Å²) >= 11 is 0. The molecule has 0 aliphatic rings. The SMILES string of the molecule is CC(=O)Oc1cnc(OC(C)=O)c(C)n1. The minimum absolute atomic E-state index is 0.0795. The molecule has 0 aliphatic carbocycles. The Labute approximate surface area is 86.2 Å². The van der Waals surface area contributed by atoms with Crippen molar-refractivity contribution >= 4 is 11.9 Å². The Kier molecular flexibility index (Phi) is 3.33. The van der Waals surface area contributed by atoms with Gasteiger partial charge in [-0.25, -0.2) is 9.97 Å². The van der Waals surface area contributed by atoms with Gasteiger partial charge in [-0.05, 0) is 6.92 Å². The molecule has 15 heavy (non-hydrogen) atoms. The molecule has 6 nitrogen and oxygen atoms in total. The zero-order chi connectivity index (χ0) is 11.4. The van der Waals surface area contributed by atoms with E-state index in [2.05, 4.69) is 9.97 Å². The lowest BCUT2D eigenvalue weighted by Gasteiger charge is -2.04. The molecule has 1 aromatic rings. The van der Waals surface area contributed by atoms with Crippen LogP contribution in [0, 0.1) is 6.92 Å². The number of hydrogen-bond acceptors (Lipinski definition) is 6. The summed E-state index contributed by atoms with van der Waals surface area (Å²) in [5.74, 6) is -0.772. The van der Waals surface area contributed by atoms with E-state index in [1.807, 2.05) is 0 Å². The topological polar surface area (TPSA) is 78.4 Å². The molecule has 0 N–H and O–H groups in total. The van der Waals surface area contributed by atoms with Gasteiger partial charge in [-0.15, -0.1) is 0 Å². The Balaban J connectivity index is 2.87. The van der Waals surface area contributed by atoms with Crippen LogP contribution in [0.5, 0.6) is 11.8 Å². The second-order valence-corrected chi connectivity index (χ2v) is 2.79. The van der Waals surface area contributed by atoms with Crippen molar-refractivity contribution in [3.63, 3.8) is 0 Å². The first kappa shape index (κ1) is 11.1. The Morgan fingerprint density at radius 1 is 1.20 bits per heavy atom. The quantitative estimate of drug-likeness (QED) is 0.666. The largest absolute Gasteiger partial charge is 0.406 e. The summed E-state index contributed by atoms with van der Waals surface area (Å²) in [6, 6.07) is 0. The van der Waals surface area contributed by atoms with E-state index in [1.165, 1.54) is 20.0 Å². The molecule has 1 aromatic heterocycles. The van der Waals surface area contributed by atoms with E-state index in [9.17, 15) is 9.59 Å². The van der Waals surface area contributed by atoms with E-state index in [-0.39, 0.29) is 11.8 Å². The maximum Gasteiger partial charge on any atom is 0.309 e. The molecule has 1 rings (SSSR count). The number of hydrogen-bond donors (Lipinski definition) is 0. The van der Waals surface area contributed by atoms with E-state index in [4.69, 9.17) is 9.47 Å². The highest BCUT2D eigenvalue weighted by molar-refractivity contribution is 5.69. The van der Waals surface area contributed by atoms with Crippen LogP contribution in [0.25, 0.3) is 0 Å². The molecule has 0 spiro atoms. The van der Waals surface area contributed by atoms with Crippen molar-refractivity contribution < 1.29 is 19.1 Å². The molecular formula is C9H10N2O4. The fraction of sp³-hybridized carbons (Fsp3) is 0.333. The average Bonchev–Trinajstić information content (AvgIpc) is 2.08. The third-order valence-electron chi connectivity index (χ3n) is 1.37. The first-order valence-electron chi connectivity index (χ1n) is 4.19. The summed E-state index contributed by atoms with van der Waals surface area (Å²) < 4.78 is 9.45. The lowest BCUT2D eigenvalue weighted by atomic mass is 10.5. The third kappa shape index (κ3) is 3.34. The standard InChI is InChI=1S/C9H10N2O4/c1-5-9(15-7(3)13)10-4-8(11-5)14-6(2)12/h4H,1-3H3. The van der Waals surface area contributed by atoms with Crippen molar-refractivity contribution in [2.45, 2.75) is 20.8 Å². The monoisotopic (exact) mass is 210 g/mol. The molecule has 1 heterocycles. The first-order valence-corrected chi connectivity index (χ1v) is 4.19. The minimum Gasteiger partial charge on any atom is -0.406 e. The van der Waals surface area contributed by atoms with E-state index >= 15 is 0 Å². The molecule has 0 radical (unpaired) electrons. The van der Waals surface area contributed by atoms with Crippen LogP contribution in [0.1, 0.15) is 19.5 Å². The van der Waals surface area contributed by atoms with Crippen LogP contribution in [0.3, 0.4) is 0 Å². The molecule has 0 fully saturated rings. The number of nitrogens with zero attached hydrogens (tertiary/aromatic N) is 2. The van der Waals surface area contributed by atoms with E-state index < -0.39 is 11.9 Å². The van der Waals surface area contributed by atoms with Crippen molar-refractivity contribution in [1.29, 1.82) is 0 Å². The van der Waals surface area contributed by atoms with Crippen LogP contribution in [0.2, 0.25) is 0 Å². The fourth-order valence-electron chi connectivity index (χ4n) is 0.882. The molecule has 0 bridgehead atoms. The van der Waals surface area contributed by atoms with Crippen molar-refractivity contribution in [3.05, 3.63) is 11.9 Å². The molecule has 0 aliphatic heterocycles. The van der Waals surface area contributed by atoms with Crippen LogP contribution < -0.4 is 9.47 Å². The second-order valence-electron chi connectivity index (χ2n) is 2.79. The molecule has 0 saturated heterocycles. The van der Waals surface area contributed by atoms with Gasteiger partial charge < -0.3 is 9.47 Å². The van der Waals surface area contributed by atoms with Gasteiger partial charge in [0.2, 0.25) is 11.8 Å². The lowest BCUT2D eigenvalue weighted by molar-refractivity contribution is -0.133. The molecule has 0 amide bonds. The summed E-state index contributed by atoms with van der Waals surface area (Å²) in [6.07, 6.45) is 1.21. The summed E-state index contributed by atoms with van der Waals surface area (Å²) in [4.78, 5) is 28.9. The van der Waals surface area contributed by atoms with Crippen molar-refractivity contribution in [1.82, 2.24) is 9.97 Å². The van der Waals surface area contributed by atoms with Crippen LogP contribution in [0.15, 0.2) is 6.20 Å². The average molecular weight is 210 g/mol. The van der Waals surface area contributed by atoms with Gasteiger partial charge in [0.1, 0.15) is 5.69 Å². The minimum atomic E-state index is -0.482. The highest BCUT2D eigenvalue weighted by Gasteiger charge is 2.08. The number of carbonyl (C=O) groups is 2. The van der Waals surface area contributed by atoms with E-state index in [0.717, 1.165) is 0 Å². The molecule has 6 heteroatoms. The van der Waals surface area contributed by atoms with Crippen molar-refractivity contribution in [2.75, 3.05) is 0 Å². The van der Waals surface area contributed by atoms with Crippen molar-refractivity contribution in [2.24, 2.45) is 0 Å². The van der Waals surface area contributed by atoms with Gasteiger partial charge in [0.25, 0.3) is 0 Å². The number of carbonyl (C=O) groups excluding carboxylic acids is 2. The van der Waals surface area contributed by atoms with Crippen LogP contribution >= 0.6 is 0 Å². The van der Waals surface area contributed by atoms with Crippen LogP contribution in [-0.4, -0.2) is 21.9 Å². The smallest absolute Gasteiger partial charge is 0.309 e. The Hall–Kier alpha value is -1.98. The molecule has 80 valence electrons. The maximum atomic E-state index is 10.7. The van der Waals surface area contributed by atoms with Gasteiger partial charge in [0.15, 0.2) is 0 Å². The van der Waals surface area contributed by atoms with Gasteiger partial charge in [0, 0.05) is 13.8 Å². The van der Waals surface area contributed by atoms with E-state index in [1.54, 1.807) is 6.92 Å². The lowest BCUT2D eigenvalue weighted by Crippen LogP contribution is -2.08. The Morgan fingerprint density at radius 2 is 1.80 bits per heavy atom.